The molecule has 2 aromatic carbocycles. The molecule has 0 bridgehead atoms. The highest BCUT2D eigenvalue weighted by molar-refractivity contribution is 5.82. The molecule has 2 atom stereocenters. The predicted molar refractivity (Wildman–Crippen MR) is 97.3 cm³/mol. The number of nitrogens with zero attached hydrogens (tertiary/aromatic N) is 1. The fourth-order valence-electron chi connectivity index (χ4n) is 3.87. The first-order chi connectivity index (χ1) is 12.7. The standard InChI is InChI=1S/C21H23FN2O2/c22-17-8-6-16(7-9-17)20-18-5-2-1-4-15(18)10-12-24(20)21(25)19-14-23-11-3-13-26-19/h1-2,4-9,19-20,23H,3,10-14H2/t19?,20-/m0/s1. The normalized spacial score (nSPS) is 23.2. The Morgan fingerprint density at radius 1 is 1.15 bits per heavy atom. The van der Waals surface area contributed by atoms with Crippen LogP contribution in [0, 0.1) is 5.82 Å². The number of benzene rings is 2. The van der Waals surface area contributed by atoms with Crippen LogP contribution in [-0.4, -0.2) is 43.2 Å². The second kappa shape index (κ2) is 7.56. The highest BCUT2D eigenvalue weighted by Gasteiger charge is 2.35. The molecule has 1 unspecified atom stereocenters. The maximum Gasteiger partial charge on any atom is 0.253 e. The van der Waals surface area contributed by atoms with Crippen molar-refractivity contribution in [2.24, 2.45) is 0 Å². The Kier molecular flexibility index (Phi) is 5.00. The summed E-state index contributed by atoms with van der Waals surface area (Å²) in [5.41, 5.74) is 3.28. The number of carbonyl (C=O) groups excluding carboxylic acids is 1. The monoisotopic (exact) mass is 354 g/mol. The van der Waals surface area contributed by atoms with Crippen LogP contribution < -0.4 is 5.32 Å². The molecule has 0 spiro atoms. The predicted octanol–water partition coefficient (Wildman–Crippen LogP) is 2.68. The Balaban J connectivity index is 1.70. The lowest BCUT2D eigenvalue weighted by molar-refractivity contribution is -0.145. The van der Waals surface area contributed by atoms with Crippen LogP contribution in [0.5, 0.6) is 0 Å². The molecule has 4 nitrogen and oxygen atoms in total. The minimum atomic E-state index is -0.467. The molecule has 0 aromatic heterocycles. The lowest BCUT2D eigenvalue weighted by atomic mass is 9.88. The van der Waals surface area contributed by atoms with Gasteiger partial charge >= 0.3 is 0 Å². The van der Waals surface area contributed by atoms with Crippen molar-refractivity contribution in [1.29, 1.82) is 0 Å². The van der Waals surface area contributed by atoms with Crippen molar-refractivity contribution >= 4 is 5.91 Å². The first kappa shape index (κ1) is 17.2. The Hall–Kier alpha value is -2.24. The smallest absolute Gasteiger partial charge is 0.253 e. The Bertz CT molecular complexity index is 770. The summed E-state index contributed by atoms with van der Waals surface area (Å²) in [6, 6.07) is 14.4. The van der Waals surface area contributed by atoms with Crippen LogP contribution in [0.15, 0.2) is 48.5 Å². The van der Waals surface area contributed by atoms with Gasteiger partial charge in [-0.05, 0) is 48.2 Å². The van der Waals surface area contributed by atoms with Crippen molar-refractivity contribution in [2.45, 2.75) is 25.0 Å². The molecule has 0 aliphatic carbocycles. The highest BCUT2D eigenvalue weighted by Crippen LogP contribution is 2.35. The van der Waals surface area contributed by atoms with Crippen LogP contribution in [-0.2, 0) is 16.0 Å². The number of amides is 1. The van der Waals surface area contributed by atoms with E-state index in [1.807, 2.05) is 17.0 Å². The van der Waals surface area contributed by atoms with Gasteiger partial charge in [0.1, 0.15) is 11.9 Å². The summed E-state index contributed by atoms with van der Waals surface area (Å²) in [6.07, 6.45) is 1.26. The number of halogens is 1. The molecular weight excluding hydrogens is 331 g/mol. The summed E-state index contributed by atoms with van der Waals surface area (Å²) >= 11 is 0. The van der Waals surface area contributed by atoms with Crippen molar-refractivity contribution < 1.29 is 13.9 Å². The molecule has 1 fully saturated rings. The van der Waals surface area contributed by atoms with Crippen molar-refractivity contribution in [3.8, 4) is 0 Å². The second-order valence-corrected chi connectivity index (χ2v) is 6.85. The highest BCUT2D eigenvalue weighted by atomic mass is 19.1. The van der Waals surface area contributed by atoms with Crippen molar-refractivity contribution in [2.75, 3.05) is 26.2 Å². The van der Waals surface area contributed by atoms with Gasteiger partial charge in [0.25, 0.3) is 5.91 Å². The van der Waals surface area contributed by atoms with Gasteiger partial charge in [-0.3, -0.25) is 4.79 Å². The molecular formula is C21H23FN2O2. The zero-order valence-electron chi connectivity index (χ0n) is 14.7. The molecule has 2 aliphatic rings. The second-order valence-electron chi connectivity index (χ2n) is 6.85. The number of fused-ring (bicyclic) bond motifs is 1. The Labute approximate surface area is 153 Å². The van der Waals surface area contributed by atoms with Gasteiger partial charge in [0.05, 0.1) is 6.04 Å². The number of rotatable bonds is 2. The summed E-state index contributed by atoms with van der Waals surface area (Å²) in [5, 5.41) is 3.28. The Morgan fingerprint density at radius 3 is 2.81 bits per heavy atom. The van der Waals surface area contributed by atoms with Gasteiger partial charge in [0, 0.05) is 19.7 Å². The summed E-state index contributed by atoms with van der Waals surface area (Å²) in [4.78, 5) is 15.1. The third-order valence-electron chi connectivity index (χ3n) is 5.17. The number of ether oxygens (including phenoxy) is 1. The summed E-state index contributed by atoms with van der Waals surface area (Å²) in [5.74, 6) is -0.268. The first-order valence-electron chi connectivity index (χ1n) is 9.20. The average molecular weight is 354 g/mol. The number of hydrogen-bond donors (Lipinski definition) is 1. The molecule has 136 valence electrons. The minimum absolute atomic E-state index is 0.00299. The quantitative estimate of drug-likeness (QED) is 0.902. The molecule has 2 heterocycles. The largest absolute Gasteiger partial charge is 0.367 e. The fourth-order valence-corrected chi connectivity index (χ4v) is 3.87. The average Bonchev–Trinajstić information content (AvgIpc) is 2.97. The van der Waals surface area contributed by atoms with Crippen LogP contribution in [0.25, 0.3) is 0 Å². The lowest BCUT2D eigenvalue weighted by Crippen LogP contribution is -2.48. The van der Waals surface area contributed by atoms with Gasteiger partial charge in [-0.2, -0.15) is 0 Å². The number of hydrogen-bond acceptors (Lipinski definition) is 3. The summed E-state index contributed by atoms with van der Waals surface area (Å²) < 4.78 is 19.2. The first-order valence-corrected chi connectivity index (χ1v) is 9.20. The molecule has 26 heavy (non-hydrogen) atoms. The molecule has 0 radical (unpaired) electrons. The molecule has 4 rings (SSSR count). The van der Waals surface area contributed by atoms with Crippen molar-refractivity contribution in [1.82, 2.24) is 10.2 Å². The van der Waals surface area contributed by atoms with Gasteiger partial charge in [0.15, 0.2) is 0 Å². The van der Waals surface area contributed by atoms with E-state index in [1.165, 1.54) is 17.7 Å². The molecule has 1 amide bonds. The van der Waals surface area contributed by atoms with Gasteiger partial charge in [0.2, 0.25) is 0 Å². The van der Waals surface area contributed by atoms with Crippen LogP contribution in [0.1, 0.15) is 29.2 Å². The van der Waals surface area contributed by atoms with E-state index in [0.717, 1.165) is 30.5 Å². The lowest BCUT2D eigenvalue weighted by Gasteiger charge is -2.39. The van der Waals surface area contributed by atoms with Gasteiger partial charge in [-0.1, -0.05) is 36.4 Å². The summed E-state index contributed by atoms with van der Waals surface area (Å²) in [6.45, 7) is 2.63. The summed E-state index contributed by atoms with van der Waals surface area (Å²) in [7, 11) is 0. The number of nitrogens with one attached hydrogen (secondary N) is 1. The SMILES string of the molecule is O=C(C1CNCCCO1)N1CCc2ccccc2[C@@H]1c1ccc(F)cc1. The number of carbonyl (C=O) groups is 1. The third kappa shape index (κ3) is 3.37. The van der Waals surface area contributed by atoms with E-state index >= 15 is 0 Å². The molecule has 2 aromatic rings. The zero-order valence-corrected chi connectivity index (χ0v) is 14.7. The van der Waals surface area contributed by atoms with E-state index in [9.17, 15) is 9.18 Å². The maximum absolute atomic E-state index is 13.4. The molecule has 2 aliphatic heterocycles. The molecule has 1 N–H and O–H groups in total. The van der Waals surface area contributed by atoms with Crippen LogP contribution in [0.2, 0.25) is 0 Å². The molecule has 1 saturated heterocycles. The van der Waals surface area contributed by atoms with Gasteiger partial charge in [-0.25, -0.2) is 4.39 Å². The topological polar surface area (TPSA) is 41.6 Å². The van der Waals surface area contributed by atoms with Crippen molar-refractivity contribution in [3.05, 3.63) is 71.0 Å². The maximum atomic E-state index is 13.4. The third-order valence-corrected chi connectivity index (χ3v) is 5.17. The van der Waals surface area contributed by atoms with E-state index in [0.29, 0.717) is 19.7 Å². The van der Waals surface area contributed by atoms with E-state index in [4.69, 9.17) is 4.74 Å². The van der Waals surface area contributed by atoms with E-state index in [2.05, 4.69) is 17.4 Å². The van der Waals surface area contributed by atoms with Gasteiger partial charge in [-0.15, -0.1) is 0 Å². The zero-order chi connectivity index (χ0) is 17.9. The van der Waals surface area contributed by atoms with E-state index in [-0.39, 0.29) is 17.8 Å². The minimum Gasteiger partial charge on any atom is -0.367 e. The van der Waals surface area contributed by atoms with E-state index < -0.39 is 6.10 Å². The van der Waals surface area contributed by atoms with Crippen molar-refractivity contribution in [3.63, 3.8) is 0 Å². The van der Waals surface area contributed by atoms with Crippen LogP contribution in [0.4, 0.5) is 4.39 Å². The van der Waals surface area contributed by atoms with Crippen LogP contribution >= 0.6 is 0 Å². The molecule has 5 heteroatoms. The van der Waals surface area contributed by atoms with E-state index in [1.54, 1.807) is 12.1 Å². The Morgan fingerprint density at radius 2 is 1.96 bits per heavy atom. The fraction of sp³-hybridized carbons (Fsp3) is 0.381. The molecule has 0 saturated carbocycles. The van der Waals surface area contributed by atoms with Crippen LogP contribution in [0.3, 0.4) is 0 Å². The van der Waals surface area contributed by atoms with Gasteiger partial charge < -0.3 is 15.0 Å².